The summed E-state index contributed by atoms with van der Waals surface area (Å²) in [5, 5.41) is 2.79. The lowest BCUT2D eigenvalue weighted by Crippen LogP contribution is -2.16. The van der Waals surface area contributed by atoms with Gasteiger partial charge in [0.15, 0.2) is 11.5 Å². The van der Waals surface area contributed by atoms with E-state index in [4.69, 9.17) is 14.2 Å². The normalized spacial score (nSPS) is 10.4. The van der Waals surface area contributed by atoms with Crippen LogP contribution in [0.5, 0.6) is 11.5 Å². The number of methoxy groups -OCH3 is 2. The summed E-state index contributed by atoms with van der Waals surface area (Å²) in [6.07, 6.45) is 0. The molecule has 0 aliphatic carbocycles. The molecule has 2 aromatic heterocycles. The Kier molecular flexibility index (Phi) is 6.68. The third-order valence-corrected chi connectivity index (χ3v) is 5.39. The van der Waals surface area contributed by atoms with Crippen molar-refractivity contribution in [2.75, 3.05) is 26.1 Å². The van der Waals surface area contributed by atoms with Crippen LogP contribution in [0.2, 0.25) is 0 Å². The maximum absolute atomic E-state index is 12.7. The van der Waals surface area contributed by atoms with Gasteiger partial charge in [-0.2, -0.15) is 0 Å². The highest BCUT2D eigenvalue weighted by Crippen LogP contribution is 2.39. The van der Waals surface area contributed by atoms with Crippen LogP contribution in [-0.2, 0) is 4.74 Å². The molecular formula is C22H22N2O5S. The number of carbonyl (C=O) groups excluding carboxylic acids is 2. The highest BCUT2D eigenvalue weighted by molar-refractivity contribution is 7.18. The molecule has 1 aromatic carbocycles. The number of hydrogen-bond donors (Lipinski definition) is 1. The van der Waals surface area contributed by atoms with Crippen molar-refractivity contribution in [1.82, 2.24) is 4.98 Å². The molecule has 0 fully saturated rings. The topological polar surface area (TPSA) is 86.8 Å². The molecule has 0 saturated carbocycles. The molecule has 7 nitrogen and oxygen atoms in total. The van der Waals surface area contributed by atoms with E-state index in [1.807, 2.05) is 12.1 Å². The number of carbonyl (C=O) groups is 2. The predicted molar refractivity (Wildman–Crippen MR) is 116 cm³/mol. The lowest BCUT2D eigenvalue weighted by molar-refractivity contribution is 0.0533. The van der Waals surface area contributed by atoms with Gasteiger partial charge >= 0.3 is 5.97 Å². The molecule has 0 aliphatic heterocycles. The van der Waals surface area contributed by atoms with Crippen LogP contribution in [0.1, 0.15) is 32.8 Å². The zero-order valence-electron chi connectivity index (χ0n) is 17.1. The number of amides is 1. The molecule has 3 rings (SSSR count). The second kappa shape index (κ2) is 9.41. The molecule has 30 heavy (non-hydrogen) atoms. The van der Waals surface area contributed by atoms with Crippen LogP contribution in [0, 0.1) is 6.92 Å². The first-order valence-corrected chi connectivity index (χ1v) is 10.1. The van der Waals surface area contributed by atoms with E-state index in [9.17, 15) is 9.59 Å². The lowest BCUT2D eigenvalue weighted by Gasteiger charge is -2.08. The van der Waals surface area contributed by atoms with Gasteiger partial charge in [-0.1, -0.05) is 6.07 Å². The summed E-state index contributed by atoms with van der Waals surface area (Å²) < 4.78 is 15.8. The van der Waals surface area contributed by atoms with Gasteiger partial charge in [0.2, 0.25) is 0 Å². The number of aromatic nitrogens is 1. The zero-order chi connectivity index (χ0) is 21.7. The number of nitrogens with one attached hydrogen (secondary N) is 1. The Balaban J connectivity index is 1.99. The SMILES string of the molecule is CCOC(=O)c1sc(-c2ccc(OC)c(OC)c2)cc1NC(=O)c1cccc(C)n1. The maximum Gasteiger partial charge on any atom is 0.350 e. The van der Waals surface area contributed by atoms with Gasteiger partial charge < -0.3 is 19.5 Å². The average Bonchev–Trinajstić information content (AvgIpc) is 3.17. The van der Waals surface area contributed by atoms with Crippen LogP contribution in [0.25, 0.3) is 10.4 Å². The Morgan fingerprint density at radius 3 is 2.50 bits per heavy atom. The van der Waals surface area contributed by atoms with Crippen molar-refractivity contribution in [3.05, 3.63) is 58.7 Å². The van der Waals surface area contributed by atoms with Crippen molar-refractivity contribution < 1.29 is 23.8 Å². The fourth-order valence-electron chi connectivity index (χ4n) is 2.82. The van der Waals surface area contributed by atoms with Gasteiger partial charge in [-0.05, 0) is 55.8 Å². The molecule has 8 heteroatoms. The molecule has 0 spiro atoms. The lowest BCUT2D eigenvalue weighted by atomic mass is 10.1. The van der Waals surface area contributed by atoms with Crippen LogP contribution >= 0.6 is 11.3 Å². The first-order chi connectivity index (χ1) is 14.5. The molecule has 0 atom stereocenters. The van der Waals surface area contributed by atoms with E-state index in [1.54, 1.807) is 58.4 Å². The minimum absolute atomic E-state index is 0.231. The average molecular weight is 426 g/mol. The third-order valence-electron chi connectivity index (χ3n) is 4.23. The first kappa shape index (κ1) is 21.3. The number of nitrogens with zero attached hydrogens (tertiary/aromatic N) is 1. The van der Waals surface area contributed by atoms with Crippen molar-refractivity contribution >= 4 is 28.9 Å². The second-order valence-electron chi connectivity index (χ2n) is 6.26. The van der Waals surface area contributed by atoms with Crippen molar-refractivity contribution in [2.24, 2.45) is 0 Å². The van der Waals surface area contributed by atoms with E-state index in [0.717, 1.165) is 16.1 Å². The highest BCUT2D eigenvalue weighted by atomic mass is 32.1. The van der Waals surface area contributed by atoms with Crippen LogP contribution in [0.15, 0.2) is 42.5 Å². The minimum Gasteiger partial charge on any atom is -0.493 e. The van der Waals surface area contributed by atoms with Crippen molar-refractivity contribution in [2.45, 2.75) is 13.8 Å². The van der Waals surface area contributed by atoms with E-state index in [0.29, 0.717) is 22.1 Å². The van der Waals surface area contributed by atoms with E-state index in [2.05, 4.69) is 10.3 Å². The van der Waals surface area contributed by atoms with Crippen LogP contribution in [-0.4, -0.2) is 37.7 Å². The molecule has 0 aliphatic rings. The Morgan fingerprint density at radius 2 is 1.83 bits per heavy atom. The molecule has 2 heterocycles. The standard InChI is InChI=1S/C22H22N2O5S/c1-5-29-22(26)20-16(24-21(25)15-8-6-7-13(2)23-15)12-19(30-20)14-9-10-17(27-3)18(11-14)28-4/h6-12H,5H2,1-4H3,(H,24,25). The molecule has 156 valence electrons. The molecule has 0 bridgehead atoms. The molecule has 0 saturated heterocycles. The van der Waals surface area contributed by atoms with Crippen LogP contribution in [0.3, 0.4) is 0 Å². The third kappa shape index (κ3) is 4.60. The molecular weight excluding hydrogens is 404 g/mol. The molecule has 1 amide bonds. The fourth-order valence-corrected chi connectivity index (χ4v) is 3.82. The van der Waals surface area contributed by atoms with Gasteiger partial charge in [0.1, 0.15) is 10.6 Å². The Morgan fingerprint density at radius 1 is 1.07 bits per heavy atom. The number of hydrogen-bond acceptors (Lipinski definition) is 7. The molecule has 3 aromatic rings. The summed E-state index contributed by atoms with van der Waals surface area (Å²) in [6, 6.07) is 12.4. The number of thiophene rings is 1. The first-order valence-electron chi connectivity index (χ1n) is 9.25. The highest BCUT2D eigenvalue weighted by Gasteiger charge is 2.21. The smallest absolute Gasteiger partial charge is 0.350 e. The summed E-state index contributed by atoms with van der Waals surface area (Å²) >= 11 is 1.23. The largest absolute Gasteiger partial charge is 0.493 e. The Hall–Kier alpha value is -3.39. The number of benzene rings is 1. The van der Waals surface area contributed by atoms with Gasteiger partial charge in [-0.3, -0.25) is 4.79 Å². The quantitative estimate of drug-likeness (QED) is 0.557. The van der Waals surface area contributed by atoms with E-state index in [1.165, 1.54) is 11.3 Å². The number of anilines is 1. The van der Waals surface area contributed by atoms with Gasteiger partial charge in [0, 0.05) is 10.6 Å². The summed E-state index contributed by atoms with van der Waals surface area (Å²) in [4.78, 5) is 30.5. The zero-order valence-corrected chi connectivity index (χ0v) is 18.0. The molecule has 1 N–H and O–H groups in total. The van der Waals surface area contributed by atoms with E-state index >= 15 is 0 Å². The maximum atomic E-state index is 12.7. The number of ether oxygens (including phenoxy) is 3. The minimum atomic E-state index is -0.498. The Bertz CT molecular complexity index is 1080. The van der Waals surface area contributed by atoms with Gasteiger partial charge in [0.25, 0.3) is 5.91 Å². The number of aryl methyl sites for hydroxylation is 1. The summed E-state index contributed by atoms with van der Waals surface area (Å²) in [7, 11) is 3.12. The van der Waals surface area contributed by atoms with Gasteiger partial charge in [-0.15, -0.1) is 11.3 Å². The van der Waals surface area contributed by atoms with Crippen molar-refractivity contribution in [3.8, 4) is 21.9 Å². The summed E-state index contributed by atoms with van der Waals surface area (Å²) in [5.41, 5.74) is 2.18. The molecule has 0 radical (unpaired) electrons. The number of pyridine rings is 1. The van der Waals surface area contributed by atoms with Crippen LogP contribution in [0.4, 0.5) is 5.69 Å². The van der Waals surface area contributed by atoms with Crippen LogP contribution < -0.4 is 14.8 Å². The van der Waals surface area contributed by atoms with Crippen molar-refractivity contribution in [3.63, 3.8) is 0 Å². The van der Waals surface area contributed by atoms with E-state index in [-0.39, 0.29) is 12.3 Å². The van der Waals surface area contributed by atoms with Crippen molar-refractivity contribution in [1.29, 1.82) is 0 Å². The molecule has 0 unspecified atom stereocenters. The van der Waals surface area contributed by atoms with E-state index < -0.39 is 11.9 Å². The number of esters is 1. The Labute approximate surface area is 178 Å². The summed E-state index contributed by atoms with van der Waals surface area (Å²) in [5.74, 6) is 0.265. The number of rotatable bonds is 7. The van der Waals surface area contributed by atoms with Gasteiger partial charge in [0.05, 0.1) is 26.5 Å². The van der Waals surface area contributed by atoms with Gasteiger partial charge in [-0.25, -0.2) is 9.78 Å². The predicted octanol–water partition coefficient (Wildman–Crippen LogP) is 4.56. The monoisotopic (exact) mass is 426 g/mol. The summed E-state index contributed by atoms with van der Waals surface area (Å²) in [6.45, 7) is 3.77. The second-order valence-corrected chi connectivity index (χ2v) is 7.31. The fraction of sp³-hybridized carbons (Fsp3) is 0.227.